The van der Waals surface area contributed by atoms with E-state index in [-0.39, 0.29) is 10.5 Å². The second-order valence-electron chi connectivity index (χ2n) is 7.16. The maximum Gasteiger partial charge on any atom is 0.338 e. The molecule has 1 atom stereocenters. The van der Waals surface area contributed by atoms with Gasteiger partial charge in [-0.3, -0.25) is 10.1 Å². The molecule has 7 nitrogen and oxygen atoms in total. The largest absolute Gasteiger partial charge is 0.456 e. The molecule has 0 aromatic heterocycles. The molecule has 0 saturated carbocycles. The lowest BCUT2D eigenvalue weighted by atomic mass is 10.0. The first-order valence-electron chi connectivity index (χ1n) is 8.34. The van der Waals surface area contributed by atoms with Gasteiger partial charge in [0, 0.05) is 0 Å². The first-order valence-corrected chi connectivity index (χ1v) is 9.89. The zero-order valence-corrected chi connectivity index (χ0v) is 16.6. The normalized spacial score (nSPS) is 13.0. The summed E-state index contributed by atoms with van der Waals surface area (Å²) in [6.45, 7) is 6.03. The number of benzene rings is 2. The van der Waals surface area contributed by atoms with Crippen LogP contribution in [-0.2, 0) is 14.6 Å². The van der Waals surface area contributed by atoms with Crippen LogP contribution in [0.3, 0.4) is 0 Å². The lowest BCUT2D eigenvalue weighted by Gasteiger charge is -2.20. The minimum Gasteiger partial charge on any atom is -0.456 e. The van der Waals surface area contributed by atoms with Crippen LogP contribution in [0.4, 0.5) is 10.1 Å². The first-order chi connectivity index (χ1) is 12.8. The summed E-state index contributed by atoms with van der Waals surface area (Å²) in [4.78, 5) is 22.6. The smallest absolute Gasteiger partial charge is 0.338 e. The summed E-state index contributed by atoms with van der Waals surface area (Å²) in [5, 5.41) is 9.91. The van der Waals surface area contributed by atoms with Gasteiger partial charge in [-0.15, -0.1) is 0 Å². The third-order valence-electron chi connectivity index (χ3n) is 3.89. The summed E-state index contributed by atoms with van der Waals surface area (Å²) in [6, 6.07) is 8.99. The fourth-order valence-corrected chi connectivity index (χ4v) is 4.02. The van der Waals surface area contributed by atoms with E-state index in [1.165, 1.54) is 31.2 Å². The van der Waals surface area contributed by atoms with Crippen LogP contribution in [0.15, 0.2) is 47.4 Å². The van der Waals surface area contributed by atoms with Gasteiger partial charge in [0.2, 0.25) is 5.82 Å². The standard InChI is InChI=1S/C19H20FNO6S/c1-12(28(25,26)14-8-6-5-7-9-14)15-10-13(18(22)27-19(2,3)4)11-16(20)17(15)21(23)24/h5-12H,1-4H3. The minimum absolute atomic E-state index is 0.0696. The first kappa shape index (κ1) is 21.5. The summed E-state index contributed by atoms with van der Waals surface area (Å²) in [5.74, 6) is -2.22. The Kier molecular flexibility index (Phi) is 5.88. The molecule has 0 radical (unpaired) electrons. The molecule has 0 bridgehead atoms. The Hall–Kier alpha value is -2.81. The van der Waals surface area contributed by atoms with Gasteiger partial charge in [0.1, 0.15) is 5.60 Å². The van der Waals surface area contributed by atoms with Crippen molar-refractivity contribution in [2.24, 2.45) is 0 Å². The number of nitro benzene ring substituents is 1. The van der Waals surface area contributed by atoms with Crippen LogP contribution in [0.2, 0.25) is 0 Å². The molecular formula is C19H20FNO6S. The molecule has 9 heteroatoms. The van der Waals surface area contributed by atoms with E-state index in [4.69, 9.17) is 4.74 Å². The highest BCUT2D eigenvalue weighted by Crippen LogP contribution is 2.36. The monoisotopic (exact) mass is 409 g/mol. The zero-order valence-electron chi connectivity index (χ0n) is 15.8. The minimum atomic E-state index is -4.07. The molecule has 2 rings (SSSR count). The van der Waals surface area contributed by atoms with Gasteiger partial charge in [-0.2, -0.15) is 4.39 Å². The quantitative estimate of drug-likeness (QED) is 0.416. The van der Waals surface area contributed by atoms with Crippen molar-refractivity contribution in [3.05, 3.63) is 69.5 Å². The zero-order chi connectivity index (χ0) is 21.3. The molecule has 0 aliphatic carbocycles. The number of sulfone groups is 1. The van der Waals surface area contributed by atoms with Gasteiger partial charge in [0.15, 0.2) is 9.84 Å². The van der Waals surface area contributed by atoms with Gasteiger partial charge in [-0.1, -0.05) is 18.2 Å². The molecule has 1 unspecified atom stereocenters. The number of carbonyl (C=O) groups is 1. The van der Waals surface area contributed by atoms with E-state index in [9.17, 15) is 27.7 Å². The third kappa shape index (κ3) is 4.53. The van der Waals surface area contributed by atoms with Crippen molar-refractivity contribution in [1.29, 1.82) is 0 Å². The number of esters is 1. The van der Waals surface area contributed by atoms with Crippen LogP contribution in [0, 0.1) is 15.9 Å². The van der Waals surface area contributed by atoms with Gasteiger partial charge < -0.3 is 4.74 Å². The summed E-state index contributed by atoms with van der Waals surface area (Å²) < 4.78 is 45.4. The van der Waals surface area contributed by atoms with E-state index in [2.05, 4.69) is 0 Å². The molecule has 0 N–H and O–H groups in total. The number of hydrogen-bond donors (Lipinski definition) is 0. The Labute approximate surface area is 162 Å². The summed E-state index contributed by atoms with van der Waals surface area (Å²) >= 11 is 0. The fraction of sp³-hybridized carbons (Fsp3) is 0.316. The SMILES string of the molecule is CC(c1cc(C(=O)OC(C)(C)C)cc(F)c1[N+](=O)[O-])S(=O)(=O)c1ccccc1. The fourth-order valence-electron chi connectivity index (χ4n) is 2.56. The van der Waals surface area contributed by atoms with Crippen molar-refractivity contribution < 1.29 is 27.3 Å². The Morgan fingerprint density at radius 1 is 1.18 bits per heavy atom. The molecule has 0 fully saturated rings. The van der Waals surface area contributed by atoms with Crippen LogP contribution in [0.5, 0.6) is 0 Å². The maximum atomic E-state index is 14.5. The number of ether oxygens (including phenoxy) is 1. The van der Waals surface area contributed by atoms with Crippen molar-refractivity contribution in [1.82, 2.24) is 0 Å². The number of nitro groups is 1. The van der Waals surface area contributed by atoms with E-state index in [1.54, 1.807) is 26.8 Å². The highest BCUT2D eigenvalue weighted by molar-refractivity contribution is 7.91. The highest BCUT2D eigenvalue weighted by atomic mass is 32.2. The molecule has 0 heterocycles. The van der Waals surface area contributed by atoms with Gasteiger partial charge in [0.05, 0.1) is 26.2 Å². The van der Waals surface area contributed by atoms with Gasteiger partial charge in [-0.25, -0.2) is 13.2 Å². The third-order valence-corrected chi connectivity index (χ3v) is 6.00. The van der Waals surface area contributed by atoms with E-state index in [1.807, 2.05) is 0 Å². The van der Waals surface area contributed by atoms with Crippen molar-refractivity contribution in [3.63, 3.8) is 0 Å². The van der Waals surface area contributed by atoms with Gasteiger partial charge in [-0.05, 0) is 52.0 Å². The van der Waals surface area contributed by atoms with Gasteiger partial charge in [0.25, 0.3) is 0 Å². The number of hydrogen-bond acceptors (Lipinski definition) is 6. The molecule has 0 spiro atoms. The van der Waals surface area contributed by atoms with Crippen LogP contribution in [0.1, 0.15) is 48.9 Å². The van der Waals surface area contributed by atoms with Crippen molar-refractivity contribution in [2.75, 3.05) is 0 Å². The Balaban J connectivity index is 2.64. The lowest BCUT2D eigenvalue weighted by molar-refractivity contribution is -0.388. The molecule has 150 valence electrons. The predicted molar refractivity (Wildman–Crippen MR) is 100 cm³/mol. The summed E-state index contributed by atoms with van der Waals surface area (Å²) in [7, 11) is -4.07. The molecule has 2 aromatic rings. The Morgan fingerprint density at radius 2 is 1.75 bits per heavy atom. The average Bonchev–Trinajstić information content (AvgIpc) is 2.59. The second kappa shape index (κ2) is 7.67. The summed E-state index contributed by atoms with van der Waals surface area (Å²) in [6.07, 6.45) is 0. The van der Waals surface area contributed by atoms with Crippen molar-refractivity contribution >= 4 is 21.5 Å². The molecule has 0 saturated heterocycles. The van der Waals surface area contributed by atoms with E-state index in [0.717, 1.165) is 6.07 Å². The average molecular weight is 409 g/mol. The molecule has 0 aliphatic rings. The topological polar surface area (TPSA) is 104 Å². The van der Waals surface area contributed by atoms with Crippen LogP contribution >= 0.6 is 0 Å². The van der Waals surface area contributed by atoms with E-state index < -0.39 is 48.6 Å². The van der Waals surface area contributed by atoms with Crippen LogP contribution in [-0.4, -0.2) is 24.9 Å². The van der Waals surface area contributed by atoms with E-state index in [0.29, 0.717) is 6.07 Å². The number of rotatable bonds is 5. The number of halogens is 1. The molecule has 28 heavy (non-hydrogen) atoms. The molecule has 2 aromatic carbocycles. The van der Waals surface area contributed by atoms with E-state index >= 15 is 0 Å². The highest BCUT2D eigenvalue weighted by Gasteiger charge is 2.34. The van der Waals surface area contributed by atoms with Gasteiger partial charge >= 0.3 is 11.7 Å². The summed E-state index contributed by atoms with van der Waals surface area (Å²) in [5.41, 5.74) is -2.59. The second-order valence-corrected chi connectivity index (χ2v) is 9.42. The molecule has 0 amide bonds. The van der Waals surface area contributed by atoms with Crippen molar-refractivity contribution in [2.45, 2.75) is 43.4 Å². The maximum absolute atomic E-state index is 14.5. The predicted octanol–water partition coefficient (Wildman–Crippen LogP) is 4.22. The lowest BCUT2D eigenvalue weighted by Crippen LogP contribution is -2.24. The Morgan fingerprint density at radius 3 is 2.25 bits per heavy atom. The number of nitrogens with zero attached hydrogens (tertiary/aromatic N) is 1. The van der Waals surface area contributed by atoms with Crippen molar-refractivity contribution in [3.8, 4) is 0 Å². The molecule has 0 aliphatic heterocycles. The van der Waals surface area contributed by atoms with Crippen LogP contribution < -0.4 is 0 Å². The Bertz CT molecular complexity index is 1010. The number of carbonyl (C=O) groups excluding carboxylic acids is 1. The molecular weight excluding hydrogens is 389 g/mol. The van der Waals surface area contributed by atoms with Crippen LogP contribution in [0.25, 0.3) is 0 Å².